The van der Waals surface area contributed by atoms with Gasteiger partial charge in [-0.3, -0.25) is 5.10 Å². The quantitative estimate of drug-likeness (QED) is 0.443. The molecule has 4 rings (SSSR count). The van der Waals surface area contributed by atoms with Gasteiger partial charge < -0.3 is 10.6 Å². The smallest absolute Gasteiger partial charge is 0.178 e. The monoisotopic (exact) mass is 408 g/mol. The van der Waals surface area contributed by atoms with Gasteiger partial charge in [-0.2, -0.15) is 5.10 Å². The topological polar surface area (TPSA) is 113 Å². The second-order valence-electron chi connectivity index (χ2n) is 6.55. The van der Waals surface area contributed by atoms with Gasteiger partial charge in [0.05, 0.1) is 16.2 Å². The second kappa shape index (κ2) is 7.51. The van der Waals surface area contributed by atoms with Crippen LogP contribution in [0.3, 0.4) is 0 Å². The van der Waals surface area contributed by atoms with Gasteiger partial charge in [-0.25, -0.2) is 18.4 Å². The Balaban J connectivity index is 1.55. The minimum atomic E-state index is -3.27. The van der Waals surface area contributed by atoms with Gasteiger partial charge in [0.1, 0.15) is 18.0 Å². The van der Waals surface area contributed by atoms with Crippen LogP contribution < -0.4 is 10.6 Å². The van der Waals surface area contributed by atoms with Crippen molar-refractivity contribution in [2.24, 2.45) is 0 Å². The number of sulfone groups is 1. The molecule has 0 unspecified atom stereocenters. The third kappa shape index (κ3) is 4.04. The van der Waals surface area contributed by atoms with Gasteiger partial charge in [0.15, 0.2) is 9.84 Å². The molecule has 0 aliphatic rings. The van der Waals surface area contributed by atoms with E-state index < -0.39 is 9.84 Å². The number of benzene rings is 2. The molecule has 148 valence electrons. The van der Waals surface area contributed by atoms with Crippen molar-refractivity contribution in [1.29, 1.82) is 0 Å². The number of nitrogens with one attached hydrogen (secondary N) is 3. The minimum Gasteiger partial charge on any atom is -0.340 e. The first kappa shape index (κ1) is 18.9. The maximum absolute atomic E-state index is 12.1. The van der Waals surface area contributed by atoms with Crippen LogP contribution in [0.4, 0.5) is 23.0 Å². The summed E-state index contributed by atoms with van der Waals surface area (Å²) in [7, 11) is -3.27. The lowest BCUT2D eigenvalue weighted by atomic mass is 10.2. The molecule has 0 atom stereocenters. The second-order valence-corrected chi connectivity index (χ2v) is 8.83. The molecular formula is C20H20N6O2S. The van der Waals surface area contributed by atoms with Gasteiger partial charge in [0, 0.05) is 28.5 Å². The first-order valence-corrected chi connectivity index (χ1v) is 10.7. The molecule has 2 aromatic carbocycles. The number of aryl methyl sites for hydroxylation is 1. The maximum atomic E-state index is 12.1. The van der Waals surface area contributed by atoms with E-state index in [1.165, 1.54) is 6.33 Å². The molecule has 29 heavy (non-hydrogen) atoms. The third-order valence-corrected chi connectivity index (χ3v) is 6.26. The Hall–Kier alpha value is -3.46. The number of aromatic nitrogens is 4. The van der Waals surface area contributed by atoms with E-state index in [0.717, 1.165) is 22.3 Å². The Morgan fingerprint density at radius 2 is 1.69 bits per heavy atom. The highest BCUT2D eigenvalue weighted by atomic mass is 32.2. The Kier molecular flexibility index (Phi) is 4.89. The summed E-state index contributed by atoms with van der Waals surface area (Å²) < 4.78 is 24.2. The lowest BCUT2D eigenvalue weighted by Crippen LogP contribution is -2.04. The number of fused-ring (bicyclic) bond motifs is 1. The number of anilines is 4. The summed E-state index contributed by atoms with van der Waals surface area (Å²) in [4.78, 5) is 8.74. The van der Waals surface area contributed by atoms with E-state index in [9.17, 15) is 8.42 Å². The molecule has 0 amide bonds. The van der Waals surface area contributed by atoms with E-state index in [4.69, 9.17) is 0 Å². The predicted octanol–water partition coefficient (Wildman–Crippen LogP) is 3.94. The Morgan fingerprint density at radius 1 is 0.966 bits per heavy atom. The number of nitrogens with zero attached hydrogens (tertiary/aromatic N) is 3. The molecule has 0 saturated carbocycles. The molecule has 2 heterocycles. The Morgan fingerprint density at radius 3 is 2.41 bits per heavy atom. The third-order valence-electron chi connectivity index (χ3n) is 4.53. The fraction of sp³-hybridized carbons (Fsp3) is 0.150. The van der Waals surface area contributed by atoms with Gasteiger partial charge in [-0.1, -0.05) is 13.0 Å². The van der Waals surface area contributed by atoms with Crippen LogP contribution in [0.2, 0.25) is 0 Å². The van der Waals surface area contributed by atoms with Crippen molar-refractivity contribution >= 4 is 43.8 Å². The highest BCUT2D eigenvalue weighted by Gasteiger charge is 2.12. The molecule has 0 spiro atoms. The summed E-state index contributed by atoms with van der Waals surface area (Å²) in [6.45, 7) is 3.60. The van der Waals surface area contributed by atoms with Crippen molar-refractivity contribution in [2.45, 2.75) is 18.7 Å². The molecule has 0 aliphatic heterocycles. The number of rotatable bonds is 6. The Bertz CT molecular complexity index is 1280. The van der Waals surface area contributed by atoms with Crippen molar-refractivity contribution < 1.29 is 8.42 Å². The van der Waals surface area contributed by atoms with Gasteiger partial charge in [0.25, 0.3) is 0 Å². The average molecular weight is 408 g/mol. The maximum Gasteiger partial charge on any atom is 0.178 e. The first-order valence-electron chi connectivity index (χ1n) is 9.08. The SMILES string of the molecule is CCS(=O)(=O)c1cccc(Nc2cc(Nc3ccc4c(C)[nH]nc4c3)ncn2)c1. The van der Waals surface area contributed by atoms with Crippen LogP contribution in [0.5, 0.6) is 0 Å². The van der Waals surface area contributed by atoms with Gasteiger partial charge in [0.2, 0.25) is 0 Å². The van der Waals surface area contributed by atoms with Crippen LogP contribution in [-0.4, -0.2) is 34.3 Å². The normalized spacial score (nSPS) is 11.5. The van der Waals surface area contributed by atoms with Crippen molar-refractivity contribution in [3.8, 4) is 0 Å². The van der Waals surface area contributed by atoms with Crippen LogP contribution in [0.25, 0.3) is 10.9 Å². The van der Waals surface area contributed by atoms with Crippen molar-refractivity contribution in [2.75, 3.05) is 16.4 Å². The van der Waals surface area contributed by atoms with Crippen molar-refractivity contribution in [3.05, 3.63) is 60.6 Å². The van der Waals surface area contributed by atoms with Crippen molar-refractivity contribution in [1.82, 2.24) is 20.2 Å². The molecule has 0 radical (unpaired) electrons. The summed E-state index contributed by atoms with van der Waals surface area (Å²) in [6.07, 6.45) is 1.44. The molecule has 8 nitrogen and oxygen atoms in total. The number of H-pyrrole nitrogens is 1. The number of hydrogen-bond donors (Lipinski definition) is 3. The summed E-state index contributed by atoms with van der Waals surface area (Å²) in [5.41, 5.74) is 3.38. The lowest BCUT2D eigenvalue weighted by molar-refractivity contribution is 0.597. The van der Waals surface area contributed by atoms with Crippen LogP contribution in [-0.2, 0) is 9.84 Å². The highest BCUT2D eigenvalue weighted by Crippen LogP contribution is 2.24. The van der Waals surface area contributed by atoms with E-state index in [0.29, 0.717) is 17.3 Å². The van der Waals surface area contributed by atoms with Crippen LogP contribution >= 0.6 is 0 Å². The van der Waals surface area contributed by atoms with E-state index in [1.54, 1.807) is 37.3 Å². The van der Waals surface area contributed by atoms with Crippen molar-refractivity contribution in [3.63, 3.8) is 0 Å². The van der Waals surface area contributed by atoms with Crippen LogP contribution in [0.1, 0.15) is 12.6 Å². The zero-order chi connectivity index (χ0) is 20.4. The lowest BCUT2D eigenvalue weighted by Gasteiger charge is -2.10. The van der Waals surface area contributed by atoms with Gasteiger partial charge >= 0.3 is 0 Å². The van der Waals surface area contributed by atoms with Gasteiger partial charge in [-0.05, 0) is 43.3 Å². The molecule has 4 aromatic rings. The summed E-state index contributed by atoms with van der Waals surface area (Å²) in [5, 5.41) is 14.7. The zero-order valence-corrected chi connectivity index (χ0v) is 16.8. The molecule has 2 aromatic heterocycles. The summed E-state index contributed by atoms with van der Waals surface area (Å²) in [5.74, 6) is 1.20. The van der Waals surface area contributed by atoms with E-state index in [1.807, 2.05) is 25.1 Å². The summed E-state index contributed by atoms with van der Waals surface area (Å²) in [6, 6.07) is 14.3. The van der Waals surface area contributed by atoms with Crippen LogP contribution in [0, 0.1) is 6.92 Å². The summed E-state index contributed by atoms with van der Waals surface area (Å²) >= 11 is 0. The Labute approximate surface area is 168 Å². The molecule has 0 bridgehead atoms. The number of aromatic amines is 1. The number of hydrogen-bond acceptors (Lipinski definition) is 7. The largest absolute Gasteiger partial charge is 0.340 e. The first-order chi connectivity index (χ1) is 13.9. The standard InChI is InChI=1S/C20H20N6O2S/c1-3-29(27,28)16-6-4-5-14(9-16)23-19-11-20(22-12-21-19)24-15-7-8-17-13(2)25-26-18(17)10-15/h4-12H,3H2,1-2H3,(H,25,26)(H2,21,22,23,24). The predicted molar refractivity (Wildman–Crippen MR) is 114 cm³/mol. The average Bonchev–Trinajstić information content (AvgIpc) is 3.09. The molecule has 0 aliphatic carbocycles. The molecule has 0 saturated heterocycles. The van der Waals surface area contributed by atoms with Crippen LogP contribution in [0.15, 0.2) is 59.8 Å². The van der Waals surface area contributed by atoms with Gasteiger partial charge in [-0.15, -0.1) is 0 Å². The molecule has 3 N–H and O–H groups in total. The highest BCUT2D eigenvalue weighted by molar-refractivity contribution is 7.91. The fourth-order valence-corrected chi connectivity index (χ4v) is 3.87. The van der Waals surface area contributed by atoms with E-state index >= 15 is 0 Å². The molecular weight excluding hydrogens is 388 g/mol. The van der Waals surface area contributed by atoms with E-state index in [-0.39, 0.29) is 10.6 Å². The molecule has 9 heteroatoms. The fourth-order valence-electron chi connectivity index (χ4n) is 2.95. The van der Waals surface area contributed by atoms with E-state index in [2.05, 4.69) is 30.8 Å². The molecule has 0 fully saturated rings. The minimum absolute atomic E-state index is 0.0535. The zero-order valence-electron chi connectivity index (χ0n) is 16.0.